The summed E-state index contributed by atoms with van der Waals surface area (Å²) in [5.41, 5.74) is 1.56. The molecule has 5 rings (SSSR count). The van der Waals surface area contributed by atoms with E-state index in [1.165, 1.54) is 12.1 Å². The number of anilines is 2. The van der Waals surface area contributed by atoms with Crippen molar-refractivity contribution in [2.75, 3.05) is 23.3 Å². The molecular weight excluding hydrogens is 420 g/mol. The maximum atomic E-state index is 13.8. The van der Waals surface area contributed by atoms with Gasteiger partial charge in [-0.1, -0.05) is 12.1 Å². The normalized spacial score (nSPS) is 24.1. The zero-order chi connectivity index (χ0) is 22.5. The highest BCUT2D eigenvalue weighted by Gasteiger charge is 2.47. The Hall–Kier alpha value is -3.20. The lowest BCUT2D eigenvalue weighted by atomic mass is 9.80. The molecular formula is C23H23F2N3O4. The van der Waals surface area contributed by atoms with Crippen LogP contribution in [0.4, 0.5) is 20.2 Å². The summed E-state index contributed by atoms with van der Waals surface area (Å²) in [4.78, 5) is 27.1. The monoisotopic (exact) mass is 443 g/mol. The van der Waals surface area contributed by atoms with Crippen LogP contribution in [0.2, 0.25) is 0 Å². The second-order valence-corrected chi connectivity index (χ2v) is 8.49. The zero-order valence-corrected chi connectivity index (χ0v) is 17.2. The molecule has 0 aromatic heterocycles. The number of amides is 2. The standard InChI is InChI=1S/C23H23F2N3O4/c24-23(25)22(31)27-19-11-15(6-7-20(19)32-23)28(14-4-5-14)21(30)18-12-26-9-8-17(18)13-2-1-3-16(29)10-13/h1-3,6-7,10-11,14,17-18,26,29H,4-5,8-9,12H2,(H,27,31)/t17-,18?/m1/s1. The zero-order valence-electron chi connectivity index (χ0n) is 17.2. The Morgan fingerprint density at radius 1 is 1.16 bits per heavy atom. The predicted molar refractivity (Wildman–Crippen MR) is 113 cm³/mol. The summed E-state index contributed by atoms with van der Waals surface area (Å²) < 4.78 is 31.6. The molecule has 0 bridgehead atoms. The summed E-state index contributed by atoms with van der Waals surface area (Å²) in [5, 5.41) is 15.4. The molecule has 1 saturated heterocycles. The summed E-state index contributed by atoms with van der Waals surface area (Å²) >= 11 is 0. The van der Waals surface area contributed by atoms with E-state index >= 15 is 0 Å². The highest BCUT2D eigenvalue weighted by atomic mass is 19.3. The van der Waals surface area contributed by atoms with Crippen LogP contribution >= 0.6 is 0 Å². The summed E-state index contributed by atoms with van der Waals surface area (Å²) in [7, 11) is 0. The van der Waals surface area contributed by atoms with Crippen LogP contribution in [0.15, 0.2) is 42.5 Å². The molecule has 7 nitrogen and oxygen atoms in total. The largest absolute Gasteiger partial charge is 0.508 e. The number of fused-ring (bicyclic) bond motifs is 1. The lowest BCUT2D eigenvalue weighted by Gasteiger charge is -2.36. The number of hydrogen-bond donors (Lipinski definition) is 3. The number of halogens is 2. The van der Waals surface area contributed by atoms with E-state index in [1.54, 1.807) is 29.2 Å². The molecule has 1 aliphatic carbocycles. The third-order valence-electron chi connectivity index (χ3n) is 6.24. The number of carbonyl (C=O) groups excluding carboxylic acids is 2. The molecule has 0 spiro atoms. The van der Waals surface area contributed by atoms with E-state index in [9.17, 15) is 23.5 Å². The molecule has 3 N–H and O–H groups in total. The van der Waals surface area contributed by atoms with Gasteiger partial charge in [0.05, 0.1) is 11.6 Å². The SMILES string of the molecule is O=C(C1CNCC[C@@H]1c1cccc(O)c1)N(c1ccc2c(c1)NC(=O)C(F)(F)O2)C1CC1. The van der Waals surface area contributed by atoms with Gasteiger partial charge in [-0.15, -0.1) is 0 Å². The summed E-state index contributed by atoms with van der Waals surface area (Å²) in [6.45, 7) is 1.27. The number of alkyl halides is 2. The van der Waals surface area contributed by atoms with Crippen molar-refractivity contribution >= 4 is 23.2 Å². The number of phenols is 1. The fourth-order valence-corrected chi connectivity index (χ4v) is 4.54. The first-order valence-corrected chi connectivity index (χ1v) is 10.7. The highest BCUT2D eigenvalue weighted by molar-refractivity contribution is 6.01. The van der Waals surface area contributed by atoms with Crippen LogP contribution in [0.5, 0.6) is 11.5 Å². The first kappa shape index (κ1) is 20.7. The van der Waals surface area contributed by atoms with E-state index in [-0.39, 0.29) is 41.0 Å². The van der Waals surface area contributed by atoms with Gasteiger partial charge < -0.3 is 25.4 Å². The smallest absolute Gasteiger partial charge is 0.482 e. The first-order chi connectivity index (χ1) is 15.3. The third-order valence-corrected chi connectivity index (χ3v) is 6.24. The number of hydrogen-bond acceptors (Lipinski definition) is 5. The van der Waals surface area contributed by atoms with E-state index in [0.717, 1.165) is 31.4 Å². The molecule has 1 unspecified atom stereocenters. The van der Waals surface area contributed by atoms with Gasteiger partial charge in [-0.2, -0.15) is 8.78 Å². The topological polar surface area (TPSA) is 90.9 Å². The van der Waals surface area contributed by atoms with Crippen molar-refractivity contribution in [3.05, 3.63) is 48.0 Å². The Morgan fingerprint density at radius 3 is 2.72 bits per heavy atom. The molecule has 9 heteroatoms. The fraction of sp³-hybridized carbons (Fsp3) is 0.391. The second kappa shape index (κ2) is 7.74. The Labute approximate surface area is 183 Å². The molecule has 2 aromatic carbocycles. The lowest BCUT2D eigenvalue weighted by Crippen LogP contribution is -2.47. The van der Waals surface area contributed by atoms with Crippen molar-refractivity contribution in [3.63, 3.8) is 0 Å². The number of nitrogens with one attached hydrogen (secondary N) is 2. The van der Waals surface area contributed by atoms with E-state index in [4.69, 9.17) is 0 Å². The van der Waals surface area contributed by atoms with Crippen LogP contribution in [-0.2, 0) is 9.59 Å². The number of nitrogens with zero attached hydrogens (tertiary/aromatic N) is 1. The maximum Gasteiger partial charge on any atom is 0.482 e. The average Bonchev–Trinajstić information content (AvgIpc) is 3.60. The fourth-order valence-electron chi connectivity index (χ4n) is 4.54. The van der Waals surface area contributed by atoms with Crippen molar-refractivity contribution in [1.82, 2.24) is 5.32 Å². The van der Waals surface area contributed by atoms with Gasteiger partial charge in [0.25, 0.3) is 0 Å². The summed E-state index contributed by atoms with van der Waals surface area (Å²) in [5.74, 6) is -1.99. The summed E-state index contributed by atoms with van der Waals surface area (Å²) in [6.07, 6.45) is -1.48. The van der Waals surface area contributed by atoms with Crippen LogP contribution in [0.3, 0.4) is 0 Å². The molecule has 2 atom stereocenters. The highest BCUT2D eigenvalue weighted by Crippen LogP contribution is 2.42. The molecule has 3 aliphatic rings. The molecule has 2 aliphatic heterocycles. The van der Waals surface area contributed by atoms with E-state index in [2.05, 4.69) is 15.4 Å². The van der Waals surface area contributed by atoms with Crippen molar-refractivity contribution in [1.29, 1.82) is 0 Å². The minimum Gasteiger partial charge on any atom is -0.508 e. The average molecular weight is 443 g/mol. The number of piperidine rings is 1. The molecule has 32 heavy (non-hydrogen) atoms. The van der Waals surface area contributed by atoms with Gasteiger partial charge in [0.2, 0.25) is 5.91 Å². The lowest BCUT2D eigenvalue weighted by molar-refractivity contribution is -0.189. The van der Waals surface area contributed by atoms with Crippen molar-refractivity contribution in [3.8, 4) is 11.5 Å². The molecule has 168 valence electrons. The first-order valence-electron chi connectivity index (χ1n) is 10.7. The Balaban J connectivity index is 1.46. The van der Waals surface area contributed by atoms with Gasteiger partial charge in [0, 0.05) is 18.3 Å². The molecule has 2 amide bonds. The predicted octanol–water partition coefficient (Wildman–Crippen LogP) is 3.20. The van der Waals surface area contributed by atoms with Crippen molar-refractivity contribution < 1.29 is 28.2 Å². The Kier molecular flexibility index (Phi) is 5.00. The maximum absolute atomic E-state index is 13.8. The molecule has 2 aromatic rings. The van der Waals surface area contributed by atoms with Gasteiger partial charge in [0.15, 0.2) is 5.75 Å². The van der Waals surface area contributed by atoms with Crippen LogP contribution in [0, 0.1) is 5.92 Å². The van der Waals surface area contributed by atoms with Crippen molar-refractivity contribution in [2.45, 2.75) is 37.3 Å². The van der Waals surface area contributed by atoms with Crippen molar-refractivity contribution in [2.24, 2.45) is 5.92 Å². The Bertz CT molecular complexity index is 1070. The number of aromatic hydroxyl groups is 1. The third kappa shape index (κ3) is 3.77. The van der Waals surface area contributed by atoms with Gasteiger partial charge in [-0.3, -0.25) is 9.59 Å². The van der Waals surface area contributed by atoms with Crippen LogP contribution < -0.4 is 20.3 Å². The number of phenolic OH excluding ortho intramolecular Hbond substituents is 1. The summed E-state index contributed by atoms with van der Waals surface area (Å²) in [6, 6.07) is 11.5. The van der Waals surface area contributed by atoms with E-state index < -0.39 is 12.0 Å². The van der Waals surface area contributed by atoms with Crippen LogP contribution in [0.1, 0.15) is 30.7 Å². The number of ether oxygens (including phenoxy) is 1. The van der Waals surface area contributed by atoms with Gasteiger partial charge in [-0.25, -0.2) is 0 Å². The minimum atomic E-state index is -3.93. The molecule has 0 radical (unpaired) electrons. The number of carbonyl (C=O) groups is 2. The minimum absolute atomic E-state index is 0.0222. The molecule has 1 saturated carbocycles. The number of benzene rings is 2. The van der Waals surface area contributed by atoms with Gasteiger partial charge >= 0.3 is 12.0 Å². The van der Waals surface area contributed by atoms with Crippen LogP contribution in [-0.4, -0.2) is 42.2 Å². The van der Waals surface area contributed by atoms with E-state index in [1.807, 2.05) is 6.07 Å². The van der Waals surface area contributed by atoms with Crippen LogP contribution in [0.25, 0.3) is 0 Å². The molecule has 2 heterocycles. The Morgan fingerprint density at radius 2 is 1.97 bits per heavy atom. The molecule has 2 fully saturated rings. The number of rotatable bonds is 4. The quantitative estimate of drug-likeness (QED) is 0.675. The van der Waals surface area contributed by atoms with E-state index in [0.29, 0.717) is 12.2 Å². The van der Waals surface area contributed by atoms with Gasteiger partial charge in [0.1, 0.15) is 5.75 Å². The second-order valence-electron chi connectivity index (χ2n) is 8.49. The van der Waals surface area contributed by atoms with Gasteiger partial charge in [-0.05, 0) is 67.6 Å².